The van der Waals surface area contributed by atoms with Gasteiger partial charge in [-0.1, -0.05) is 54.6 Å². The van der Waals surface area contributed by atoms with Crippen LogP contribution in [0.4, 0.5) is 0 Å². The molecule has 0 unspecified atom stereocenters. The van der Waals surface area contributed by atoms with E-state index < -0.39 is 18.4 Å². The van der Waals surface area contributed by atoms with Crippen LogP contribution in [-0.4, -0.2) is 54.2 Å². The molecular formula is C28H36N2O6. The first-order chi connectivity index (χ1) is 17.3. The first-order valence-corrected chi connectivity index (χ1v) is 12.1. The molecule has 3 rings (SSSR count). The zero-order valence-corrected chi connectivity index (χ0v) is 21.2. The molecule has 0 spiro atoms. The zero-order chi connectivity index (χ0) is 26.1. The number of benzene rings is 2. The van der Waals surface area contributed by atoms with Gasteiger partial charge in [0.2, 0.25) is 0 Å². The van der Waals surface area contributed by atoms with Crippen molar-refractivity contribution in [1.29, 1.82) is 0 Å². The number of likely N-dealkylation sites (N-methyl/N-ethyl adjacent to an activating group) is 1. The van der Waals surface area contributed by atoms with Crippen molar-refractivity contribution in [2.24, 2.45) is 0 Å². The Labute approximate surface area is 212 Å². The second-order valence-corrected chi connectivity index (χ2v) is 9.07. The van der Waals surface area contributed by atoms with Gasteiger partial charge in [0.15, 0.2) is 12.4 Å². The molecular weight excluding hydrogens is 460 g/mol. The standard InChI is InChI=1S/C28H36N2O6/c1-5-14-30(4)17-25-15-26(23-10-8-22(18-31)9-11-23)36-28(35-25)24-12-6-21(7-13-24)16-29-27(33)19(2)34-20(3)32/h5-13,19,25-26,28,31H,1,14-18H2,2-4H3,(H,29,33)/t19-,25-,26+,28+/m0/s1. The van der Waals surface area contributed by atoms with E-state index in [0.29, 0.717) is 13.0 Å². The number of hydrogen-bond donors (Lipinski definition) is 2. The first kappa shape index (κ1) is 27.5. The molecule has 36 heavy (non-hydrogen) atoms. The number of amides is 1. The minimum Gasteiger partial charge on any atom is -0.453 e. The summed E-state index contributed by atoms with van der Waals surface area (Å²) in [6.45, 7) is 8.44. The summed E-state index contributed by atoms with van der Waals surface area (Å²) in [5, 5.41) is 12.1. The number of aliphatic hydroxyl groups is 1. The molecule has 1 fully saturated rings. The van der Waals surface area contributed by atoms with Crippen LogP contribution in [0.25, 0.3) is 0 Å². The largest absolute Gasteiger partial charge is 0.453 e. The summed E-state index contributed by atoms with van der Waals surface area (Å²) in [7, 11) is 2.03. The van der Waals surface area contributed by atoms with Gasteiger partial charge in [0.25, 0.3) is 5.91 Å². The second kappa shape index (κ2) is 13.3. The molecule has 4 atom stereocenters. The number of nitrogens with zero attached hydrogens (tertiary/aromatic N) is 1. The van der Waals surface area contributed by atoms with Crippen molar-refractivity contribution in [3.05, 3.63) is 83.4 Å². The number of aliphatic hydroxyl groups excluding tert-OH is 1. The lowest BCUT2D eigenvalue weighted by Gasteiger charge is -2.37. The molecule has 0 bridgehead atoms. The number of nitrogens with one attached hydrogen (secondary N) is 1. The molecule has 194 valence electrons. The van der Waals surface area contributed by atoms with Crippen molar-refractivity contribution in [3.8, 4) is 0 Å². The van der Waals surface area contributed by atoms with Crippen molar-refractivity contribution >= 4 is 11.9 Å². The lowest BCUT2D eigenvalue weighted by molar-refractivity contribution is -0.252. The third kappa shape index (κ3) is 7.99. The minimum absolute atomic E-state index is 0.00196. The van der Waals surface area contributed by atoms with Crippen LogP contribution in [0.15, 0.2) is 61.2 Å². The molecule has 2 aromatic carbocycles. The SMILES string of the molecule is C=CCN(C)C[C@@H]1C[C@H](c2ccc(CO)cc2)O[C@H](c2ccc(CNC(=O)[C@H](C)OC(C)=O)cc2)O1. The van der Waals surface area contributed by atoms with Gasteiger partial charge < -0.3 is 29.5 Å². The van der Waals surface area contributed by atoms with Crippen LogP contribution in [-0.2, 0) is 37.0 Å². The lowest BCUT2D eigenvalue weighted by atomic mass is 9.99. The van der Waals surface area contributed by atoms with Crippen LogP contribution in [0.5, 0.6) is 0 Å². The molecule has 1 aliphatic heterocycles. The smallest absolute Gasteiger partial charge is 0.303 e. The molecule has 2 aromatic rings. The molecule has 0 aromatic heterocycles. The summed E-state index contributed by atoms with van der Waals surface area (Å²) >= 11 is 0. The fourth-order valence-corrected chi connectivity index (χ4v) is 4.10. The third-order valence-corrected chi connectivity index (χ3v) is 6.00. The Bertz CT molecular complexity index is 1010. The predicted molar refractivity (Wildman–Crippen MR) is 136 cm³/mol. The summed E-state index contributed by atoms with van der Waals surface area (Å²) in [6.07, 6.45) is 0.993. The molecule has 1 aliphatic rings. The maximum Gasteiger partial charge on any atom is 0.303 e. The average Bonchev–Trinajstić information content (AvgIpc) is 2.87. The van der Waals surface area contributed by atoms with Crippen molar-refractivity contribution < 1.29 is 28.9 Å². The van der Waals surface area contributed by atoms with E-state index in [1.54, 1.807) is 0 Å². The maximum absolute atomic E-state index is 12.1. The molecule has 1 saturated heterocycles. The first-order valence-electron chi connectivity index (χ1n) is 12.1. The van der Waals surface area contributed by atoms with E-state index in [4.69, 9.17) is 14.2 Å². The van der Waals surface area contributed by atoms with Crippen LogP contribution >= 0.6 is 0 Å². The highest BCUT2D eigenvalue weighted by Gasteiger charge is 2.32. The average molecular weight is 497 g/mol. The number of esters is 1. The molecule has 0 aliphatic carbocycles. The summed E-state index contributed by atoms with van der Waals surface area (Å²) in [5.41, 5.74) is 3.68. The number of carbonyl (C=O) groups is 2. The summed E-state index contributed by atoms with van der Waals surface area (Å²) in [5.74, 6) is -0.846. The summed E-state index contributed by atoms with van der Waals surface area (Å²) in [4.78, 5) is 25.3. The van der Waals surface area contributed by atoms with E-state index in [1.807, 2.05) is 61.7 Å². The molecule has 8 nitrogen and oxygen atoms in total. The highest BCUT2D eigenvalue weighted by molar-refractivity contribution is 5.82. The van der Waals surface area contributed by atoms with Crippen LogP contribution < -0.4 is 5.32 Å². The molecule has 1 amide bonds. The molecule has 2 N–H and O–H groups in total. The summed E-state index contributed by atoms with van der Waals surface area (Å²) in [6, 6.07) is 15.5. The van der Waals surface area contributed by atoms with E-state index >= 15 is 0 Å². The van der Waals surface area contributed by atoms with Crippen LogP contribution in [0.2, 0.25) is 0 Å². The quantitative estimate of drug-likeness (QED) is 0.363. The Morgan fingerprint density at radius 1 is 1.14 bits per heavy atom. The van der Waals surface area contributed by atoms with E-state index in [9.17, 15) is 14.7 Å². The highest BCUT2D eigenvalue weighted by atomic mass is 16.7. The van der Waals surface area contributed by atoms with Gasteiger partial charge in [-0.25, -0.2) is 0 Å². The van der Waals surface area contributed by atoms with Crippen molar-refractivity contribution in [2.75, 3.05) is 20.1 Å². The van der Waals surface area contributed by atoms with E-state index in [-0.39, 0.29) is 24.7 Å². The number of carbonyl (C=O) groups excluding carboxylic acids is 2. The third-order valence-electron chi connectivity index (χ3n) is 6.00. The van der Waals surface area contributed by atoms with Gasteiger partial charge >= 0.3 is 5.97 Å². The van der Waals surface area contributed by atoms with E-state index in [1.165, 1.54) is 13.8 Å². The van der Waals surface area contributed by atoms with Crippen LogP contribution in [0, 0.1) is 0 Å². The number of ether oxygens (including phenoxy) is 3. The van der Waals surface area contributed by atoms with Gasteiger partial charge in [0.1, 0.15) is 0 Å². The second-order valence-electron chi connectivity index (χ2n) is 9.07. The number of hydrogen-bond acceptors (Lipinski definition) is 7. The monoisotopic (exact) mass is 496 g/mol. The van der Waals surface area contributed by atoms with Gasteiger partial charge in [0, 0.05) is 38.5 Å². The van der Waals surface area contributed by atoms with Crippen molar-refractivity contribution in [3.63, 3.8) is 0 Å². The predicted octanol–water partition coefficient (Wildman–Crippen LogP) is 3.41. The molecule has 0 radical (unpaired) electrons. The van der Waals surface area contributed by atoms with E-state index in [0.717, 1.165) is 35.3 Å². The fraction of sp³-hybridized carbons (Fsp3) is 0.429. The normalized spacial score (nSPS) is 20.5. The lowest BCUT2D eigenvalue weighted by Crippen LogP contribution is -2.37. The topological polar surface area (TPSA) is 97.3 Å². The highest BCUT2D eigenvalue weighted by Crippen LogP contribution is 2.38. The van der Waals surface area contributed by atoms with Crippen molar-refractivity contribution in [2.45, 2.75) is 58.0 Å². The van der Waals surface area contributed by atoms with Crippen LogP contribution in [0.1, 0.15) is 54.9 Å². The van der Waals surface area contributed by atoms with Gasteiger partial charge in [-0.15, -0.1) is 6.58 Å². The number of rotatable bonds is 11. The van der Waals surface area contributed by atoms with Crippen molar-refractivity contribution in [1.82, 2.24) is 10.2 Å². The van der Waals surface area contributed by atoms with Gasteiger partial charge in [-0.3, -0.25) is 9.59 Å². The van der Waals surface area contributed by atoms with Crippen LogP contribution in [0.3, 0.4) is 0 Å². The van der Waals surface area contributed by atoms with Gasteiger partial charge in [-0.05, 0) is 30.7 Å². The molecule has 8 heteroatoms. The van der Waals surface area contributed by atoms with Gasteiger partial charge in [-0.2, -0.15) is 0 Å². The van der Waals surface area contributed by atoms with Gasteiger partial charge in [0.05, 0.1) is 18.8 Å². The Morgan fingerprint density at radius 3 is 2.39 bits per heavy atom. The minimum atomic E-state index is -0.842. The fourth-order valence-electron chi connectivity index (χ4n) is 4.10. The maximum atomic E-state index is 12.1. The Balaban J connectivity index is 1.69. The zero-order valence-electron chi connectivity index (χ0n) is 21.2. The molecule has 0 saturated carbocycles. The van der Waals surface area contributed by atoms with E-state index in [2.05, 4.69) is 16.8 Å². The Morgan fingerprint density at radius 2 is 1.78 bits per heavy atom. The Hall–Kier alpha value is -3.04. The molecule has 1 heterocycles. The Kier molecular flexibility index (Phi) is 10.2. The summed E-state index contributed by atoms with van der Waals surface area (Å²) < 4.78 is 17.6.